The first-order valence-electron chi connectivity index (χ1n) is 11.5. The van der Waals surface area contributed by atoms with E-state index in [4.69, 9.17) is 9.53 Å². The average Bonchev–Trinajstić information content (AvgIpc) is 2.70. The van der Waals surface area contributed by atoms with E-state index in [1.54, 1.807) is 16.7 Å². The van der Waals surface area contributed by atoms with Crippen LogP contribution in [0.3, 0.4) is 0 Å². The molecule has 0 aliphatic carbocycles. The van der Waals surface area contributed by atoms with E-state index in [9.17, 15) is 14.0 Å². The molecule has 2 aromatic rings. The van der Waals surface area contributed by atoms with Gasteiger partial charge in [0.2, 0.25) is 0 Å². The molecule has 0 bridgehead atoms. The summed E-state index contributed by atoms with van der Waals surface area (Å²) < 4.78 is 22.1. The van der Waals surface area contributed by atoms with Crippen LogP contribution in [0.2, 0.25) is 18.1 Å². The SMILES string of the molecule is CC(C)(C)[Si](C)(C)OC1CC(CNC(=O)O)CN(CCn2c(=O)ccc3ccc(F)cc32)C1. The van der Waals surface area contributed by atoms with Crippen molar-refractivity contribution in [3.05, 3.63) is 46.5 Å². The molecule has 9 heteroatoms. The maximum absolute atomic E-state index is 13.9. The Balaban J connectivity index is 1.77. The van der Waals surface area contributed by atoms with Gasteiger partial charge in [-0.05, 0) is 60.1 Å². The molecular formula is C24H36FN3O4Si. The van der Waals surface area contributed by atoms with Gasteiger partial charge in [-0.3, -0.25) is 9.69 Å². The second kappa shape index (κ2) is 9.95. The molecule has 2 heterocycles. The van der Waals surface area contributed by atoms with Crippen LogP contribution in [0.5, 0.6) is 0 Å². The van der Waals surface area contributed by atoms with Crippen LogP contribution in [0, 0.1) is 11.7 Å². The van der Waals surface area contributed by atoms with Crippen molar-refractivity contribution < 1.29 is 18.7 Å². The zero-order valence-electron chi connectivity index (χ0n) is 20.2. The van der Waals surface area contributed by atoms with Crippen LogP contribution in [0.25, 0.3) is 10.9 Å². The minimum atomic E-state index is -1.99. The molecule has 2 unspecified atom stereocenters. The van der Waals surface area contributed by atoms with E-state index in [0.717, 1.165) is 18.4 Å². The van der Waals surface area contributed by atoms with Crippen LogP contribution in [0.1, 0.15) is 27.2 Å². The van der Waals surface area contributed by atoms with Crippen LogP contribution in [-0.2, 0) is 11.0 Å². The summed E-state index contributed by atoms with van der Waals surface area (Å²) in [6.45, 7) is 13.9. The first-order chi connectivity index (χ1) is 15.4. The molecule has 1 amide bonds. The van der Waals surface area contributed by atoms with Crippen LogP contribution in [-0.4, -0.2) is 61.3 Å². The normalized spacial score (nSPS) is 20.2. The van der Waals surface area contributed by atoms with Gasteiger partial charge in [-0.2, -0.15) is 0 Å². The van der Waals surface area contributed by atoms with Gasteiger partial charge in [0.15, 0.2) is 8.32 Å². The lowest BCUT2D eigenvalue weighted by Crippen LogP contribution is -2.53. The van der Waals surface area contributed by atoms with Crippen molar-refractivity contribution in [2.24, 2.45) is 5.92 Å². The summed E-state index contributed by atoms with van der Waals surface area (Å²) >= 11 is 0. The number of nitrogens with zero attached hydrogens (tertiary/aromatic N) is 2. The number of hydrogen-bond donors (Lipinski definition) is 2. The number of carbonyl (C=O) groups is 1. The van der Waals surface area contributed by atoms with Gasteiger partial charge in [0.1, 0.15) is 5.82 Å². The Morgan fingerprint density at radius 3 is 2.58 bits per heavy atom. The standard InChI is InChI=1S/C24H36FN3O4Si/c1-24(2,3)33(4,5)32-20-12-17(14-26-23(30)31)15-27(16-20)10-11-28-21-13-19(25)8-6-18(21)7-9-22(28)29/h6-9,13,17,20,26H,10-12,14-16H2,1-5H3,(H,30,31). The maximum atomic E-state index is 13.9. The molecule has 7 nitrogen and oxygen atoms in total. The fourth-order valence-electron chi connectivity index (χ4n) is 4.22. The van der Waals surface area contributed by atoms with Crippen LogP contribution < -0.4 is 10.9 Å². The Kier molecular flexibility index (Phi) is 7.65. The molecule has 1 aromatic heterocycles. The number of hydrogen-bond acceptors (Lipinski definition) is 4. The molecule has 2 N–H and O–H groups in total. The third kappa shape index (κ3) is 6.42. The molecule has 33 heavy (non-hydrogen) atoms. The Morgan fingerprint density at radius 2 is 1.91 bits per heavy atom. The van der Waals surface area contributed by atoms with E-state index >= 15 is 0 Å². The first-order valence-corrected chi connectivity index (χ1v) is 14.4. The second-order valence-electron chi connectivity index (χ2n) is 10.6. The van der Waals surface area contributed by atoms with E-state index in [1.807, 2.05) is 0 Å². The smallest absolute Gasteiger partial charge is 0.404 e. The third-order valence-corrected chi connectivity index (χ3v) is 11.5. The van der Waals surface area contributed by atoms with E-state index in [0.29, 0.717) is 31.7 Å². The van der Waals surface area contributed by atoms with Gasteiger partial charge in [-0.25, -0.2) is 9.18 Å². The minimum absolute atomic E-state index is 0.00178. The number of amides is 1. The van der Waals surface area contributed by atoms with Gasteiger partial charge in [-0.15, -0.1) is 0 Å². The quantitative estimate of drug-likeness (QED) is 0.586. The number of halogens is 1. The number of carboxylic acid groups (broad SMARTS) is 1. The van der Waals surface area contributed by atoms with Crippen LogP contribution in [0.4, 0.5) is 9.18 Å². The van der Waals surface area contributed by atoms with Crippen molar-refractivity contribution in [2.75, 3.05) is 26.2 Å². The summed E-state index contributed by atoms with van der Waals surface area (Å²) in [6.07, 6.45) is -0.233. The summed E-state index contributed by atoms with van der Waals surface area (Å²) in [5.74, 6) is -0.256. The van der Waals surface area contributed by atoms with E-state index in [-0.39, 0.29) is 28.4 Å². The number of likely N-dealkylation sites (tertiary alicyclic amines) is 1. The van der Waals surface area contributed by atoms with Gasteiger partial charge < -0.3 is 19.4 Å². The number of rotatable bonds is 7. The van der Waals surface area contributed by atoms with Crippen molar-refractivity contribution in [2.45, 2.75) is 58.0 Å². The number of fused-ring (bicyclic) bond motifs is 1. The number of pyridine rings is 1. The monoisotopic (exact) mass is 477 g/mol. The molecule has 1 aliphatic heterocycles. The first kappa shape index (κ1) is 25.4. The topological polar surface area (TPSA) is 83.8 Å². The van der Waals surface area contributed by atoms with Crippen molar-refractivity contribution in [1.29, 1.82) is 0 Å². The molecule has 1 aromatic carbocycles. The summed E-state index contributed by atoms with van der Waals surface area (Å²) in [5, 5.41) is 12.5. The van der Waals surface area contributed by atoms with Gasteiger partial charge in [0.05, 0.1) is 11.6 Å². The molecule has 0 radical (unpaired) electrons. The number of benzene rings is 1. The van der Waals surface area contributed by atoms with Crippen LogP contribution >= 0.6 is 0 Å². The van der Waals surface area contributed by atoms with Gasteiger partial charge in [0.25, 0.3) is 5.56 Å². The highest BCUT2D eigenvalue weighted by Crippen LogP contribution is 2.38. The Morgan fingerprint density at radius 1 is 1.21 bits per heavy atom. The number of aromatic nitrogens is 1. The van der Waals surface area contributed by atoms with Gasteiger partial charge in [-0.1, -0.05) is 20.8 Å². The molecule has 0 saturated carbocycles. The van der Waals surface area contributed by atoms with Crippen LogP contribution in [0.15, 0.2) is 35.1 Å². The summed E-state index contributed by atoms with van der Waals surface area (Å²) in [5.41, 5.74) is 0.418. The number of piperidine rings is 1. The predicted molar refractivity (Wildman–Crippen MR) is 131 cm³/mol. The molecule has 2 atom stereocenters. The molecule has 0 spiro atoms. The second-order valence-corrected chi connectivity index (χ2v) is 15.3. The van der Waals surface area contributed by atoms with E-state index < -0.39 is 14.4 Å². The Bertz CT molecular complexity index is 1050. The summed E-state index contributed by atoms with van der Waals surface area (Å²) in [4.78, 5) is 25.8. The lowest BCUT2D eigenvalue weighted by atomic mass is 9.96. The summed E-state index contributed by atoms with van der Waals surface area (Å²) in [7, 11) is -1.99. The van der Waals surface area contributed by atoms with Gasteiger partial charge >= 0.3 is 6.09 Å². The van der Waals surface area contributed by atoms with E-state index in [1.165, 1.54) is 18.2 Å². The van der Waals surface area contributed by atoms with Crippen molar-refractivity contribution in [1.82, 2.24) is 14.8 Å². The highest BCUT2D eigenvalue weighted by molar-refractivity contribution is 6.74. The molecule has 1 saturated heterocycles. The Labute approximate surface area is 195 Å². The van der Waals surface area contributed by atoms with Crippen molar-refractivity contribution >= 4 is 25.3 Å². The minimum Gasteiger partial charge on any atom is -0.465 e. The van der Waals surface area contributed by atoms with E-state index in [2.05, 4.69) is 44.1 Å². The predicted octanol–water partition coefficient (Wildman–Crippen LogP) is 4.12. The lowest BCUT2D eigenvalue weighted by Gasteiger charge is -2.44. The lowest BCUT2D eigenvalue weighted by molar-refractivity contribution is 0.0452. The molecule has 1 aliphatic rings. The molecular weight excluding hydrogens is 441 g/mol. The fraction of sp³-hybridized carbons (Fsp3) is 0.583. The maximum Gasteiger partial charge on any atom is 0.404 e. The molecule has 3 rings (SSSR count). The molecule has 182 valence electrons. The van der Waals surface area contributed by atoms with Gasteiger partial charge in [0, 0.05) is 38.8 Å². The zero-order valence-corrected chi connectivity index (χ0v) is 21.2. The average molecular weight is 478 g/mol. The third-order valence-electron chi connectivity index (χ3n) is 6.98. The highest BCUT2D eigenvalue weighted by atomic mass is 28.4. The van der Waals surface area contributed by atoms with Crippen molar-refractivity contribution in [3.63, 3.8) is 0 Å². The van der Waals surface area contributed by atoms with Crippen molar-refractivity contribution in [3.8, 4) is 0 Å². The molecule has 1 fully saturated rings. The fourth-order valence-corrected chi connectivity index (χ4v) is 5.58. The summed E-state index contributed by atoms with van der Waals surface area (Å²) in [6, 6.07) is 7.70. The number of nitrogens with one attached hydrogen (secondary N) is 1. The zero-order chi connectivity index (χ0) is 24.4. The Hall–Kier alpha value is -2.23. The largest absolute Gasteiger partial charge is 0.465 e. The highest BCUT2D eigenvalue weighted by Gasteiger charge is 2.41.